The summed E-state index contributed by atoms with van der Waals surface area (Å²) in [6, 6.07) is 3.82. The molecule has 0 saturated carbocycles. The van der Waals surface area contributed by atoms with Crippen molar-refractivity contribution in [2.45, 2.75) is 26.7 Å². The molecule has 0 heterocycles. The molecule has 1 rings (SSSR count). The minimum absolute atomic E-state index is 0.136. The molecule has 3 nitrogen and oxygen atoms in total. The number of carboxylic acid groups (broad SMARTS) is 1. The van der Waals surface area contributed by atoms with Crippen LogP contribution < -0.4 is 5.73 Å². The maximum Gasteiger partial charge on any atom is 0.312 e. The predicted molar refractivity (Wildman–Crippen MR) is 60.1 cm³/mol. The molecule has 0 fully saturated rings. The molecule has 1 unspecified atom stereocenters. The number of hydrogen-bond donors (Lipinski definition) is 2. The zero-order valence-electron chi connectivity index (χ0n) is 9.37. The van der Waals surface area contributed by atoms with Crippen molar-refractivity contribution in [2.24, 2.45) is 5.73 Å². The average molecular weight is 207 g/mol. The Labute approximate surface area is 89.9 Å². The van der Waals surface area contributed by atoms with Crippen LogP contribution >= 0.6 is 0 Å². The van der Waals surface area contributed by atoms with Crippen LogP contribution in [0.4, 0.5) is 0 Å². The minimum atomic E-state index is -0.861. The number of rotatable bonds is 3. The molecule has 0 aliphatic carbocycles. The van der Waals surface area contributed by atoms with Gasteiger partial charge in [-0.3, -0.25) is 4.79 Å². The van der Waals surface area contributed by atoms with E-state index in [2.05, 4.69) is 0 Å². The van der Waals surface area contributed by atoms with Gasteiger partial charge >= 0.3 is 5.97 Å². The van der Waals surface area contributed by atoms with Gasteiger partial charge in [0.25, 0.3) is 0 Å². The van der Waals surface area contributed by atoms with Crippen LogP contribution in [0.15, 0.2) is 12.1 Å². The summed E-state index contributed by atoms with van der Waals surface area (Å²) in [6.07, 6.45) is 0. The van der Waals surface area contributed by atoms with Crippen molar-refractivity contribution in [3.8, 4) is 0 Å². The number of benzene rings is 1. The van der Waals surface area contributed by atoms with E-state index in [1.165, 1.54) is 5.56 Å². The van der Waals surface area contributed by atoms with Crippen molar-refractivity contribution in [3.05, 3.63) is 34.4 Å². The van der Waals surface area contributed by atoms with Crippen molar-refractivity contribution in [2.75, 3.05) is 6.54 Å². The zero-order chi connectivity index (χ0) is 11.6. The third-order valence-corrected chi connectivity index (χ3v) is 2.89. The fourth-order valence-corrected chi connectivity index (χ4v) is 1.65. The zero-order valence-corrected chi connectivity index (χ0v) is 9.37. The first-order chi connectivity index (χ1) is 6.97. The van der Waals surface area contributed by atoms with Gasteiger partial charge in [-0.25, -0.2) is 0 Å². The highest BCUT2D eigenvalue weighted by atomic mass is 16.4. The summed E-state index contributed by atoms with van der Waals surface area (Å²) in [5.41, 5.74) is 9.70. The van der Waals surface area contributed by atoms with Gasteiger partial charge in [0.2, 0.25) is 0 Å². The summed E-state index contributed by atoms with van der Waals surface area (Å²) >= 11 is 0. The predicted octanol–water partition coefficient (Wildman–Crippen LogP) is 1.74. The van der Waals surface area contributed by atoms with Gasteiger partial charge < -0.3 is 10.8 Å². The van der Waals surface area contributed by atoms with Gasteiger partial charge in [-0.1, -0.05) is 12.1 Å². The first-order valence-corrected chi connectivity index (χ1v) is 4.98. The molecular formula is C12H17NO2. The molecular weight excluding hydrogens is 190 g/mol. The lowest BCUT2D eigenvalue weighted by atomic mass is 9.93. The molecule has 15 heavy (non-hydrogen) atoms. The van der Waals surface area contributed by atoms with Gasteiger partial charge in [-0.05, 0) is 43.0 Å². The van der Waals surface area contributed by atoms with Crippen molar-refractivity contribution in [1.82, 2.24) is 0 Å². The topological polar surface area (TPSA) is 63.3 Å². The summed E-state index contributed by atoms with van der Waals surface area (Å²) in [5, 5.41) is 9.00. The summed E-state index contributed by atoms with van der Waals surface area (Å²) in [5.74, 6) is -1.46. The highest BCUT2D eigenvalue weighted by Gasteiger charge is 2.18. The Kier molecular flexibility index (Phi) is 3.48. The lowest BCUT2D eigenvalue weighted by Gasteiger charge is -2.14. The summed E-state index contributed by atoms with van der Waals surface area (Å²) in [4.78, 5) is 11.0. The summed E-state index contributed by atoms with van der Waals surface area (Å²) in [6.45, 7) is 6.15. The normalized spacial score (nSPS) is 12.5. The molecule has 1 aromatic rings. The Hall–Kier alpha value is -1.35. The number of carbonyl (C=O) groups is 1. The van der Waals surface area contributed by atoms with Crippen molar-refractivity contribution < 1.29 is 9.90 Å². The molecule has 1 aromatic carbocycles. The van der Waals surface area contributed by atoms with Gasteiger partial charge in [0, 0.05) is 6.54 Å². The van der Waals surface area contributed by atoms with E-state index >= 15 is 0 Å². The maximum absolute atomic E-state index is 11.0. The van der Waals surface area contributed by atoms with E-state index in [0.717, 1.165) is 16.7 Å². The molecule has 0 aromatic heterocycles. The Morgan fingerprint density at radius 3 is 2.13 bits per heavy atom. The lowest BCUT2D eigenvalue weighted by Crippen LogP contribution is -2.21. The minimum Gasteiger partial charge on any atom is -0.481 e. The number of aryl methyl sites for hydroxylation is 2. The highest BCUT2D eigenvalue weighted by molar-refractivity contribution is 5.76. The first-order valence-electron chi connectivity index (χ1n) is 4.98. The van der Waals surface area contributed by atoms with Crippen molar-refractivity contribution >= 4 is 5.97 Å². The van der Waals surface area contributed by atoms with Crippen LogP contribution in [-0.2, 0) is 4.79 Å². The Morgan fingerprint density at radius 1 is 1.33 bits per heavy atom. The maximum atomic E-state index is 11.0. The molecule has 3 heteroatoms. The van der Waals surface area contributed by atoms with E-state index in [4.69, 9.17) is 10.8 Å². The van der Waals surface area contributed by atoms with Crippen LogP contribution in [0.3, 0.4) is 0 Å². The van der Waals surface area contributed by atoms with E-state index in [0.29, 0.717) is 0 Å². The Balaban J connectivity index is 3.20. The molecule has 0 amide bonds. The Bertz CT molecular complexity index is 362. The van der Waals surface area contributed by atoms with Crippen LogP contribution in [0.2, 0.25) is 0 Å². The summed E-state index contributed by atoms with van der Waals surface area (Å²) < 4.78 is 0. The van der Waals surface area contributed by atoms with E-state index in [1.54, 1.807) is 0 Å². The van der Waals surface area contributed by atoms with Crippen LogP contribution in [0.25, 0.3) is 0 Å². The molecule has 1 atom stereocenters. The van der Waals surface area contributed by atoms with Gasteiger partial charge in [-0.2, -0.15) is 0 Å². The molecule has 0 saturated heterocycles. The second kappa shape index (κ2) is 4.45. The Morgan fingerprint density at radius 2 is 1.80 bits per heavy atom. The SMILES string of the molecule is Cc1cc(C(CN)C(=O)O)cc(C)c1C. The number of aliphatic carboxylic acids is 1. The largest absolute Gasteiger partial charge is 0.481 e. The molecule has 0 radical (unpaired) electrons. The third-order valence-electron chi connectivity index (χ3n) is 2.89. The van der Waals surface area contributed by atoms with Crippen LogP contribution in [0, 0.1) is 20.8 Å². The summed E-state index contributed by atoms with van der Waals surface area (Å²) in [7, 11) is 0. The number of nitrogens with two attached hydrogens (primary N) is 1. The molecule has 82 valence electrons. The van der Waals surface area contributed by atoms with Crippen LogP contribution in [-0.4, -0.2) is 17.6 Å². The fourth-order valence-electron chi connectivity index (χ4n) is 1.65. The van der Waals surface area contributed by atoms with Gasteiger partial charge in [-0.15, -0.1) is 0 Å². The quantitative estimate of drug-likeness (QED) is 0.793. The van der Waals surface area contributed by atoms with Crippen LogP contribution in [0.5, 0.6) is 0 Å². The van der Waals surface area contributed by atoms with Gasteiger partial charge in [0.05, 0.1) is 5.92 Å². The highest BCUT2D eigenvalue weighted by Crippen LogP contribution is 2.21. The monoisotopic (exact) mass is 207 g/mol. The second-order valence-corrected chi connectivity index (χ2v) is 3.91. The molecule has 3 N–H and O–H groups in total. The average Bonchev–Trinajstić information content (AvgIpc) is 2.14. The lowest BCUT2D eigenvalue weighted by molar-refractivity contribution is -0.138. The number of hydrogen-bond acceptors (Lipinski definition) is 2. The standard InChI is InChI=1S/C12H17NO2/c1-7-4-10(5-8(2)9(7)3)11(6-13)12(14)15/h4-5,11H,6,13H2,1-3H3,(H,14,15). The van der Waals surface area contributed by atoms with Crippen LogP contribution in [0.1, 0.15) is 28.2 Å². The smallest absolute Gasteiger partial charge is 0.312 e. The molecule has 0 aliphatic heterocycles. The second-order valence-electron chi connectivity index (χ2n) is 3.91. The van der Waals surface area contributed by atoms with Crippen molar-refractivity contribution in [1.29, 1.82) is 0 Å². The van der Waals surface area contributed by atoms with E-state index in [-0.39, 0.29) is 6.54 Å². The van der Waals surface area contributed by atoms with Gasteiger partial charge in [0.15, 0.2) is 0 Å². The number of carboxylic acids is 1. The fraction of sp³-hybridized carbons (Fsp3) is 0.417. The van der Waals surface area contributed by atoms with Crippen molar-refractivity contribution in [3.63, 3.8) is 0 Å². The molecule has 0 spiro atoms. The van der Waals surface area contributed by atoms with E-state index in [9.17, 15) is 4.79 Å². The molecule has 0 aliphatic rings. The van der Waals surface area contributed by atoms with E-state index < -0.39 is 11.9 Å². The third kappa shape index (κ3) is 2.36. The molecule has 0 bridgehead atoms. The first kappa shape index (κ1) is 11.7. The van der Waals surface area contributed by atoms with Gasteiger partial charge in [0.1, 0.15) is 0 Å². The van der Waals surface area contributed by atoms with E-state index in [1.807, 2.05) is 32.9 Å².